The standard InChI is InChI=1S/C25H44N2O6Si/c1-19(16-33-34(9,10)23(2,3)4)13-14-26-20(17-31-21(26)28)12-11-15-30-22(29)27-24(5,6)18-32-25(27,7)8/h11-13,20H,14-18H2,1-10H3/b12-11+,19-13+/t20-/m0/s1. The Balaban J connectivity index is 1.88. The summed E-state index contributed by atoms with van der Waals surface area (Å²) in [6, 6.07) is -0.209. The van der Waals surface area contributed by atoms with Crippen LogP contribution in [0.15, 0.2) is 23.8 Å². The van der Waals surface area contributed by atoms with Crippen molar-refractivity contribution >= 4 is 20.5 Å². The Labute approximate surface area is 206 Å². The number of cyclic esters (lactones) is 1. The van der Waals surface area contributed by atoms with Gasteiger partial charge in [0, 0.05) is 6.54 Å². The summed E-state index contributed by atoms with van der Waals surface area (Å²) in [6.45, 7) is 22.6. The molecule has 2 saturated heterocycles. The highest BCUT2D eigenvalue weighted by Gasteiger charge is 2.49. The maximum Gasteiger partial charge on any atom is 0.412 e. The van der Waals surface area contributed by atoms with Gasteiger partial charge in [-0.2, -0.15) is 0 Å². The highest BCUT2D eigenvalue weighted by molar-refractivity contribution is 6.74. The molecule has 1 atom stereocenters. The molecule has 0 radical (unpaired) electrons. The summed E-state index contributed by atoms with van der Waals surface area (Å²) in [5.74, 6) is 0. The van der Waals surface area contributed by atoms with E-state index in [2.05, 4.69) is 33.9 Å². The fraction of sp³-hybridized carbons (Fsp3) is 0.760. The number of hydrogen-bond acceptors (Lipinski definition) is 6. The van der Waals surface area contributed by atoms with Crippen molar-refractivity contribution in [3.8, 4) is 0 Å². The molecule has 0 aliphatic carbocycles. The van der Waals surface area contributed by atoms with Crippen molar-refractivity contribution in [2.75, 3.05) is 33.0 Å². The first-order valence-electron chi connectivity index (χ1n) is 12.0. The number of ether oxygens (including phenoxy) is 3. The third-order valence-corrected chi connectivity index (χ3v) is 11.4. The van der Waals surface area contributed by atoms with Crippen LogP contribution < -0.4 is 0 Å². The molecule has 2 heterocycles. The van der Waals surface area contributed by atoms with Crippen LogP contribution in [0.4, 0.5) is 9.59 Å². The van der Waals surface area contributed by atoms with E-state index in [0.29, 0.717) is 19.8 Å². The summed E-state index contributed by atoms with van der Waals surface area (Å²) in [7, 11) is -1.82. The smallest absolute Gasteiger partial charge is 0.412 e. The third-order valence-electron chi connectivity index (χ3n) is 6.88. The topological polar surface area (TPSA) is 77.5 Å². The van der Waals surface area contributed by atoms with Gasteiger partial charge >= 0.3 is 12.2 Å². The Morgan fingerprint density at radius 2 is 1.88 bits per heavy atom. The van der Waals surface area contributed by atoms with Gasteiger partial charge in [0.2, 0.25) is 0 Å². The van der Waals surface area contributed by atoms with Crippen LogP contribution in [0.3, 0.4) is 0 Å². The van der Waals surface area contributed by atoms with Gasteiger partial charge < -0.3 is 18.6 Å². The van der Waals surface area contributed by atoms with Crippen molar-refractivity contribution in [2.24, 2.45) is 0 Å². The second-order valence-electron chi connectivity index (χ2n) is 11.8. The molecule has 9 heteroatoms. The van der Waals surface area contributed by atoms with E-state index in [1.165, 1.54) is 0 Å². The lowest BCUT2D eigenvalue weighted by molar-refractivity contribution is -0.0503. The van der Waals surface area contributed by atoms with Gasteiger partial charge in [0.05, 0.1) is 24.8 Å². The molecule has 2 amide bonds. The zero-order chi connectivity index (χ0) is 25.9. The molecule has 2 aliphatic heterocycles. The summed E-state index contributed by atoms with van der Waals surface area (Å²) in [5, 5.41) is 0.151. The fourth-order valence-corrected chi connectivity index (χ4v) is 4.75. The molecule has 2 rings (SSSR count). The molecule has 0 saturated carbocycles. The Morgan fingerprint density at radius 3 is 2.44 bits per heavy atom. The molecule has 0 aromatic heterocycles. The molecule has 8 nitrogen and oxygen atoms in total. The van der Waals surface area contributed by atoms with Crippen LogP contribution in [0.2, 0.25) is 18.1 Å². The van der Waals surface area contributed by atoms with Crippen LogP contribution in [0.25, 0.3) is 0 Å². The Bertz CT molecular complexity index is 797. The van der Waals surface area contributed by atoms with Gasteiger partial charge in [0.25, 0.3) is 0 Å². The largest absolute Gasteiger partial charge is 0.447 e. The van der Waals surface area contributed by atoms with Crippen molar-refractivity contribution in [3.63, 3.8) is 0 Å². The number of amides is 2. The maximum atomic E-state index is 12.6. The van der Waals surface area contributed by atoms with E-state index in [1.807, 2.05) is 46.8 Å². The van der Waals surface area contributed by atoms with Crippen molar-refractivity contribution in [1.29, 1.82) is 0 Å². The predicted octanol–water partition coefficient (Wildman–Crippen LogP) is 5.32. The zero-order valence-electron chi connectivity index (χ0n) is 22.7. The number of nitrogens with zero attached hydrogens (tertiary/aromatic N) is 2. The molecule has 0 bridgehead atoms. The molecule has 2 aliphatic rings. The number of carbonyl (C=O) groups is 2. The van der Waals surface area contributed by atoms with Gasteiger partial charge in [-0.05, 0) is 58.8 Å². The molecule has 0 spiro atoms. The minimum Gasteiger partial charge on any atom is -0.447 e. The van der Waals surface area contributed by atoms with Crippen LogP contribution in [0.1, 0.15) is 55.4 Å². The quantitative estimate of drug-likeness (QED) is 0.335. The van der Waals surface area contributed by atoms with E-state index in [9.17, 15) is 9.59 Å². The van der Waals surface area contributed by atoms with E-state index < -0.39 is 25.7 Å². The lowest BCUT2D eigenvalue weighted by Crippen LogP contribution is -2.52. The minimum absolute atomic E-state index is 0.106. The summed E-state index contributed by atoms with van der Waals surface area (Å²) in [6.07, 6.45) is 4.85. The maximum absolute atomic E-state index is 12.6. The molecule has 0 aromatic rings. The molecule has 194 valence electrons. The molecule has 2 fully saturated rings. The highest BCUT2D eigenvalue weighted by Crippen LogP contribution is 2.37. The van der Waals surface area contributed by atoms with Gasteiger partial charge in [-0.25, -0.2) is 9.59 Å². The average molecular weight is 497 g/mol. The second kappa shape index (κ2) is 10.4. The molecule has 0 unspecified atom stereocenters. The third kappa shape index (κ3) is 6.85. The first-order valence-corrected chi connectivity index (χ1v) is 14.9. The van der Waals surface area contributed by atoms with Crippen molar-refractivity contribution in [1.82, 2.24) is 9.80 Å². The Kier molecular flexibility index (Phi) is 8.70. The highest BCUT2D eigenvalue weighted by atomic mass is 28.4. The first-order chi connectivity index (χ1) is 15.5. The normalized spacial score (nSPS) is 23.1. The summed E-state index contributed by atoms with van der Waals surface area (Å²) < 4.78 is 22.7. The number of hydrogen-bond donors (Lipinski definition) is 0. The van der Waals surface area contributed by atoms with E-state index >= 15 is 0 Å². The molecule has 0 N–H and O–H groups in total. The minimum atomic E-state index is -1.82. The summed E-state index contributed by atoms with van der Waals surface area (Å²) >= 11 is 0. The molecular weight excluding hydrogens is 452 g/mol. The number of carbonyl (C=O) groups excluding carboxylic acids is 2. The summed E-state index contributed by atoms with van der Waals surface area (Å²) in [5.41, 5.74) is -0.0735. The predicted molar refractivity (Wildman–Crippen MR) is 135 cm³/mol. The van der Waals surface area contributed by atoms with Gasteiger partial charge in [0.1, 0.15) is 18.9 Å². The van der Waals surface area contributed by atoms with Crippen LogP contribution >= 0.6 is 0 Å². The van der Waals surface area contributed by atoms with E-state index in [4.69, 9.17) is 18.6 Å². The van der Waals surface area contributed by atoms with Gasteiger partial charge in [-0.3, -0.25) is 9.80 Å². The average Bonchev–Trinajstić information content (AvgIpc) is 3.15. The molecule has 34 heavy (non-hydrogen) atoms. The van der Waals surface area contributed by atoms with E-state index in [1.54, 1.807) is 15.9 Å². The monoisotopic (exact) mass is 496 g/mol. The molecular formula is C25H44N2O6Si. The fourth-order valence-electron chi connectivity index (χ4n) is 3.73. The van der Waals surface area contributed by atoms with Crippen LogP contribution in [0.5, 0.6) is 0 Å². The lowest BCUT2D eigenvalue weighted by atomic mass is 10.0. The summed E-state index contributed by atoms with van der Waals surface area (Å²) in [4.78, 5) is 28.1. The Morgan fingerprint density at radius 1 is 1.24 bits per heavy atom. The SMILES string of the molecule is C/C(=C\CN1C(=O)OC[C@@H]1/C=C/COC(=O)N1C(C)(C)COC1(C)C)CO[Si](C)(C)C(C)(C)C. The molecule has 0 aromatic carbocycles. The lowest BCUT2D eigenvalue weighted by Gasteiger charge is -2.36. The van der Waals surface area contributed by atoms with E-state index in [-0.39, 0.29) is 30.4 Å². The van der Waals surface area contributed by atoms with Gasteiger partial charge in [0.15, 0.2) is 8.32 Å². The van der Waals surface area contributed by atoms with E-state index in [0.717, 1.165) is 5.57 Å². The van der Waals surface area contributed by atoms with Crippen LogP contribution in [-0.4, -0.2) is 80.6 Å². The van der Waals surface area contributed by atoms with Crippen LogP contribution in [0, 0.1) is 0 Å². The van der Waals surface area contributed by atoms with Gasteiger partial charge in [-0.15, -0.1) is 0 Å². The van der Waals surface area contributed by atoms with Crippen molar-refractivity contribution in [2.45, 2.75) is 90.8 Å². The second-order valence-corrected chi connectivity index (χ2v) is 16.6. The first kappa shape index (κ1) is 28.4. The van der Waals surface area contributed by atoms with Gasteiger partial charge in [-0.1, -0.05) is 38.5 Å². The Hall–Kier alpha value is -1.84. The van der Waals surface area contributed by atoms with Crippen LogP contribution in [-0.2, 0) is 18.6 Å². The number of rotatable bonds is 8. The van der Waals surface area contributed by atoms with Crippen molar-refractivity contribution < 1.29 is 28.2 Å². The van der Waals surface area contributed by atoms with Crippen molar-refractivity contribution in [3.05, 3.63) is 23.8 Å². The zero-order valence-corrected chi connectivity index (χ0v) is 23.7.